The quantitative estimate of drug-likeness (QED) is 0.564. The molecule has 120 valence electrons. The second-order valence-electron chi connectivity index (χ2n) is 4.74. The van der Waals surface area contributed by atoms with E-state index in [2.05, 4.69) is 25.3 Å². The van der Waals surface area contributed by atoms with Crippen LogP contribution in [0.4, 0.5) is 11.8 Å². The Morgan fingerprint density at radius 2 is 1.90 bits per heavy atom. The molecule has 0 bridgehead atoms. The van der Waals surface area contributed by atoms with E-state index in [9.17, 15) is 8.42 Å². The molecule has 0 radical (unpaired) electrons. The molecular weight excluding hydrogens is 290 g/mol. The second-order valence-corrected chi connectivity index (χ2v) is 6.67. The molecule has 1 heterocycles. The molecule has 0 aliphatic rings. The molecule has 0 amide bonds. The summed E-state index contributed by atoms with van der Waals surface area (Å²) >= 11 is 0. The van der Waals surface area contributed by atoms with E-state index >= 15 is 0 Å². The number of unbranched alkanes of at least 4 members (excludes halogenated alkanes) is 1. The fourth-order valence-corrected chi connectivity index (χ4v) is 2.93. The highest BCUT2D eigenvalue weighted by Crippen LogP contribution is 2.08. The minimum Gasteiger partial charge on any atom is -0.370 e. The molecule has 0 atom stereocenters. The number of anilines is 2. The van der Waals surface area contributed by atoms with Gasteiger partial charge in [-0.25, -0.2) is 18.1 Å². The van der Waals surface area contributed by atoms with E-state index in [1.54, 1.807) is 0 Å². The predicted molar refractivity (Wildman–Crippen MR) is 86.1 cm³/mol. The molecule has 0 fully saturated rings. The molecule has 0 aliphatic heterocycles. The maximum Gasteiger partial charge on any atom is 0.224 e. The molecule has 1 aromatic heterocycles. The summed E-state index contributed by atoms with van der Waals surface area (Å²) < 4.78 is 25.8. The molecule has 0 unspecified atom stereocenters. The Kier molecular flexibility index (Phi) is 7.38. The van der Waals surface area contributed by atoms with Crippen molar-refractivity contribution >= 4 is 21.8 Å². The summed E-state index contributed by atoms with van der Waals surface area (Å²) in [5, 5.41) is 6.15. The SMILES string of the molecule is CCCCS(=O)(=O)NCCNc1nc(C)cc(NCC)n1. The first-order chi connectivity index (χ1) is 9.96. The molecule has 1 aromatic rings. The van der Waals surface area contributed by atoms with Crippen molar-refractivity contribution in [1.29, 1.82) is 0 Å². The van der Waals surface area contributed by atoms with Crippen LogP contribution in [0.3, 0.4) is 0 Å². The number of nitrogens with one attached hydrogen (secondary N) is 3. The smallest absolute Gasteiger partial charge is 0.224 e. The monoisotopic (exact) mass is 315 g/mol. The molecule has 7 nitrogen and oxygen atoms in total. The zero-order valence-electron chi connectivity index (χ0n) is 12.9. The summed E-state index contributed by atoms with van der Waals surface area (Å²) in [7, 11) is -3.17. The minimum atomic E-state index is -3.17. The van der Waals surface area contributed by atoms with Crippen LogP contribution in [0.5, 0.6) is 0 Å². The van der Waals surface area contributed by atoms with Crippen molar-refractivity contribution in [3.63, 3.8) is 0 Å². The first kappa shape index (κ1) is 17.6. The fraction of sp³-hybridized carbons (Fsp3) is 0.692. The Balaban J connectivity index is 2.42. The summed E-state index contributed by atoms with van der Waals surface area (Å²) in [6.45, 7) is 7.40. The molecule has 0 saturated heterocycles. The van der Waals surface area contributed by atoms with Gasteiger partial charge >= 0.3 is 0 Å². The van der Waals surface area contributed by atoms with Gasteiger partial charge in [0.2, 0.25) is 16.0 Å². The van der Waals surface area contributed by atoms with Crippen LogP contribution in [-0.4, -0.2) is 43.8 Å². The summed E-state index contributed by atoms with van der Waals surface area (Å²) in [6, 6.07) is 1.86. The van der Waals surface area contributed by atoms with Gasteiger partial charge in [0.25, 0.3) is 0 Å². The van der Waals surface area contributed by atoms with Crippen LogP contribution >= 0.6 is 0 Å². The van der Waals surface area contributed by atoms with Crippen molar-refractivity contribution in [2.24, 2.45) is 0 Å². The lowest BCUT2D eigenvalue weighted by Gasteiger charge is -2.09. The number of hydrogen-bond donors (Lipinski definition) is 3. The van der Waals surface area contributed by atoms with Crippen LogP contribution in [0.1, 0.15) is 32.4 Å². The Morgan fingerprint density at radius 3 is 2.57 bits per heavy atom. The van der Waals surface area contributed by atoms with Crippen molar-refractivity contribution in [1.82, 2.24) is 14.7 Å². The van der Waals surface area contributed by atoms with Crippen LogP contribution in [0.25, 0.3) is 0 Å². The predicted octanol–water partition coefficient (Wildman–Crippen LogP) is 1.35. The van der Waals surface area contributed by atoms with Crippen LogP contribution in [0, 0.1) is 6.92 Å². The zero-order valence-corrected chi connectivity index (χ0v) is 13.8. The first-order valence-corrected chi connectivity index (χ1v) is 8.93. The third-order valence-electron chi connectivity index (χ3n) is 2.71. The number of aryl methyl sites for hydroxylation is 1. The molecule has 3 N–H and O–H groups in total. The average molecular weight is 315 g/mol. The fourth-order valence-electron chi connectivity index (χ4n) is 1.71. The van der Waals surface area contributed by atoms with E-state index in [-0.39, 0.29) is 5.75 Å². The average Bonchev–Trinajstić information content (AvgIpc) is 2.41. The molecule has 0 aliphatic carbocycles. The topological polar surface area (TPSA) is 96.0 Å². The highest BCUT2D eigenvalue weighted by Gasteiger charge is 2.08. The highest BCUT2D eigenvalue weighted by molar-refractivity contribution is 7.89. The first-order valence-electron chi connectivity index (χ1n) is 7.27. The van der Waals surface area contributed by atoms with Crippen molar-refractivity contribution in [2.75, 3.05) is 36.0 Å². The van der Waals surface area contributed by atoms with Gasteiger partial charge in [0.1, 0.15) is 5.82 Å². The summed E-state index contributed by atoms with van der Waals surface area (Å²) in [5.41, 5.74) is 0.854. The maximum atomic E-state index is 11.6. The molecule has 8 heteroatoms. The van der Waals surface area contributed by atoms with Gasteiger partial charge in [0, 0.05) is 31.4 Å². The van der Waals surface area contributed by atoms with Crippen molar-refractivity contribution < 1.29 is 8.42 Å². The lowest BCUT2D eigenvalue weighted by molar-refractivity contribution is 0.579. The van der Waals surface area contributed by atoms with Gasteiger partial charge in [-0.15, -0.1) is 0 Å². The number of rotatable bonds is 10. The van der Waals surface area contributed by atoms with E-state index < -0.39 is 10.0 Å². The summed E-state index contributed by atoms with van der Waals surface area (Å²) in [6.07, 6.45) is 1.54. The Hall–Kier alpha value is -1.41. The van der Waals surface area contributed by atoms with Gasteiger partial charge in [-0.3, -0.25) is 0 Å². The van der Waals surface area contributed by atoms with E-state index in [1.807, 2.05) is 26.8 Å². The molecule has 21 heavy (non-hydrogen) atoms. The van der Waals surface area contributed by atoms with Crippen molar-refractivity contribution in [3.8, 4) is 0 Å². The van der Waals surface area contributed by atoms with E-state index in [1.165, 1.54) is 0 Å². The van der Waals surface area contributed by atoms with Crippen molar-refractivity contribution in [2.45, 2.75) is 33.6 Å². The van der Waals surface area contributed by atoms with Gasteiger partial charge < -0.3 is 10.6 Å². The van der Waals surface area contributed by atoms with Gasteiger partial charge in [-0.2, -0.15) is 4.98 Å². The second kappa shape index (κ2) is 8.78. The van der Waals surface area contributed by atoms with Crippen LogP contribution in [-0.2, 0) is 10.0 Å². The highest BCUT2D eigenvalue weighted by atomic mass is 32.2. The van der Waals surface area contributed by atoms with Gasteiger partial charge in [-0.1, -0.05) is 13.3 Å². The minimum absolute atomic E-state index is 0.176. The Bertz CT molecular complexity index is 533. The third kappa shape index (κ3) is 7.24. The molecule has 0 spiro atoms. The number of nitrogens with zero attached hydrogens (tertiary/aromatic N) is 2. The normalized spacial score (nSPS) is 11.4. The summed E-state index contributed by atoms with van der Waals surface area (Å²) in [5.74, 6) is 1.43. The van der Waals surface area contributed by atoms with Crippen LogP contribution in [0.15, 0.2) is 6.07 Å². The Morgan fingerprint density at radius 1 is 1.14 bits per heavy atom. The Labute approximate surface area is 127 Å². The molecule has 1 rings (SSSR count). The lowest BCUT2D eigenvalue weighted by Crippen LogP contribution is -2.31. The van der Waals surface area contributed by atoms with Gasteiger partial charge in [0.05, 0.1) is 5.75 Å². The van der Waals surface area contributed by atoms with Crippen molar-refractivity contribution in [3.05, 3.63) is 11.8 Å². The molecular formula is C13H25N5O2S. The van der Waals surface area contributed by atoms with Crippen LogP contribution in [0.2, 0.25) is 0 Å². The molecule has 0 saturated carbocycles. The van der Waals surface area contributed by atoms with Gasteiger partial charge in [-0.05, 0) is 20.3 Å². The third-order valence-corrected chi connectivity index (χ3v) is 4.18. The number of hydrogen-bond acceptors (Lipinski definition) is 6. The number of sulfonamides is 1. The lowest BCUT2D eigenvalue weighted by atomic mass is 10.4. The zero-order chi connectivity index (χ0) is 15.7. The maximum absolute atomic E-state index is 11.6. The van der Waals surface area contributed by atoms with Crippen LogP contribution < -0.4 is 15.4 Å². The standard InChI is InChI=1S/C13H25N5O2S/c1-4-6-9-21(19,20)16-8-7-15-13-17-11(3)10-12(18-13)14-5-2/h10,16H,4-9H2,1-3H3,(H2,14,15,17,18). The molecule has 0 aromatic carbocycles. The van der Waals surface area contributed by atoms with E-state index in [4.69, 9.17) is 0 Å². The van der Waals surface area contributed by atoms with E-state index in [0.29, 0.717) is 25.5 Å². The summed E-state index contributed by atoms with van der Waals surface area (Å²) in [4.78, 5) is 8.56. The number of aromatic nitrogens is 2. The largest absolute Gasteiger partial charge is 0.370 e. The van der Waals surface area contributed by atoms with E-state index in [0.717, 1.165) is 24.5 Å². The van der Waals surface area contributed by atoms with Gasteiger partial charge in [0.15, 0.2) is 0 Å².